The van der Waals surface area contributed by atoms with E-state index in [0.717, 1.165) is 50.9 Å². The van der Waals surface area contributed by atoms with Crippen LogP contribution in [0.2, 0.25) is 0 Å². The Bertz CT molecular complexity index is 776. The number of hydrogen-bond donors (Lipinski definition) is 2. The van der Waals surface area contributed by atoms with E-state index in [1.165, 1.54) is 22.0 Å². The first-order chi connectivity index (χ1) is 13.7. The number of ether oxygens (including phenoxy) is 1. The molecule has 3 rings (SSSR count). The van der Waals surface area contributed by atoms with Crippen molar-refractivity contribution in [1.82, 2.24) is 15.6 Å². The van der Waals surface area contributed by atoms with Gasteiger partial charge in [0.2, 0.25) is 0 Å². The molecular weight excluding hydrogens is 370 g/mol. The summed E-state index contributed by atoms with van der Waals surface area (Å²) in [7, 11) is 1.71. The van der Waals surface area contributed by atoms with Crippen LogP contribution in [0.5, 0.6) is 5.75 Å². The minimum absolute atomic E-state index is 0.572. The summed E-state index contributed by atoms with van der Waals surface area (Å²) >= 11 is 1.76. The highest BCUT2D eigenvalue weighted by Crippen LogP contribution is 2.26. The number of aromatic nitrogens is 1. The van der Waals surface area contributed by atoms with Gasteiger partial charge in [0.25, 0.3) is 0 Å². The van der Waals surface area contributed by atoms with Gasteiger partial charge in [-0.05, 0) is 38.3 Å². The van der Waals surface area contributed by atoms with E-state index in [4.69, 9.17) is 9.73 Å². The molecule has 0 spiro atoms. The third kappa shape index (κ3) is 5.86. The first-order valence-corrected chi connectivity index (χ1v) is 10.8. The quantitative estimate of drug-likeness (QED) is 0.526. The van der Waals surface area contributed by atoms with Crippen LogP contribution in [0, 0.1) is 12.8 Å². The average molecular weight is 402 g/mol. The summed E-state index contributed by atoms with van der Waals surface area (Å²) in [5.41, 5.74) is 1.23. The van der Waals surface area contributed by atoms with Crippen molar-refractivity contribution in [3.05, 3.63) is 40.3 Å². The highest BCUT2D eigenvalue weighted by molar-refractivity contribution is 7.11. The number of aliphatic imine (C=N–C) groups is 1. The number of hydrogen-bond acceptors (Lipinski definition) is 5. The predicted molar refractivity (Wildman–Crippen MR) is 118 cm³/mol. The number of aryl methyl sites for hydroxylation is 1. The van der Waals surface area contributed by atoms with E-state index in [1.54, 1.807) is 18.4 Å². The normalized spacial score (nSPS) is 17.0. The van der Waals surface area contributed by atoms with Crippen LogP contribution in [-0.2, 0) is 6.42 Å². The summed E-state index contributed by atoms with van der Waals surface area (Å²) in [5, 5.41) is 7.96. The molecule has 1 aliphatic heterocycles. The van der Waals surface area contributed by atoms with Crippen molar-refractivity contribution >= 4 is 23.0 Å². The Morgan fingerprint density at radius 1 is 1.39 bits per heavy atom. The second-order valence-electron chi connectivity index (χ2n) is 7.06. The Morgan fingerprint density at radius 3 is 3.04 bits per heavy atom. The lowest BCUT2D eigenvalue weighted by Gasteiger charge is -2.19. The molecule has 0 saturated carbocycles. The average Bonchev–Trinajstić information content (AvgIpc) is 3.35. The monoisotopic (exact) mass is 401 g/mol. The van der Waals surface area contributed by atoms with Gasteiger partial charge >= 0.3 is 0 Å². The summed E-state index contributed by atoms with van der Waals surface area (Å²) < 4.78 is 5.35. The van der Waals surface area contributed by atoms with Crippen LogP contribution in [0.15, 0.2) is 35.5 Å². The van der Waals surface area contributed by atoms with Crippen molar-refractivity contribution in [1.29, 1.82) is 0 Å². The van der Waals surface area contributed by atoms with Gasteiger partial charge in [-0.3, -0.25) is 4.99 Å². The van der Waals surface area contributed by atoms with Gasteiger partial charge in [0.15, 0.2) is 5.96 Å². The summed E-state index contributed by atoms with van der Waals surface area (Å²) in [6, 6.07) is 8.30. The fourth-order valence-electron chi connectivity index (χ4n) is 3.39. The number of rotatable bonds is 8. The molecule has 2 heterocycles. The Kier molecular flexibility index (Phi) is 7.54. The lowest BCUT2D eigenvalue weighted by atomic mass is 10.1. The van der Waals surface area contributed by atoms with Crippen LogP contribution < -0.4 is 20.3 Å². The van der Waals surface area contributed by atoms with Gasteiger partial charge in [0, 0.05) is 62.0 Å². The van der Waals surface area contributed by atoms with Crippen molar-refractivity contribution in [3.63, 3.8) is 0 Å². The zero-order chi connectivity index (χ0) is 19.8. The van der Waals surface area contributed by atoms with E-state index in [0.29, 0.717) is 5.92 Å². The zero-order valence-electron chi connectivity index (χ0n) is 17.1. The molecule has 2 aromatic rings. The van der Waals surface area contributed by atoms with Gasteiger partial charge < -0.3 is 20.3 Å². The number of benzene rings is 1. The largest absolute Gasteiger partial charge is 0.497 e. The topological polar surface area (TPSA) is 61.8 Å². The Morgan fingerprint density at radius 2 is 2.29 bits per heavy atom. The molecule has 1 aliphatic rings. The molecule has 1 atom stereocenters. The molecule has 0 amide bonds. The van der Waals surface area contributed by atoms with Crippen LogP contribution in [0.25, 0.3) is 0 Å². The Balaban J connectivity index is 1.48. The molecule has 1 aromatic carbocycles. The minimum atomic E-state index is 0.572. The van der Waals surface area contributed by atoms with Crippen molar-refractivity contribution in [3.8, 4) is 5.75 Å². The first kappa shape index (κ1) is 20.5. The molecule has 0 bridgehead atoms. The van der Waals surface area contributed by atoms with Crippen LogP contribution in [0.4, 0.5) is 5.69 Å². The summed E-state index contributed by atoms with van der Waals surface area (Å²) in [5.74, 6) is 2.38. The van der Waals surface area contributed by atoms with Crippen LogP contribution in [0.1, 0.15) is 23.2 Å². The van der Waals surface area contributed by atoms with Crippen molar-refractivity contribution in [2.24, 2.45) is 10.9 Å². The predicted octanol–water partition coefficient (Wildman–Crippen LogP) is 3.08. The Hall–Kier alpha value is -2.28. The molecule has 1 aromatic heterocycles. The maximum atomic E-state index is 5.35. The van der Waals surface area contributed by atoms with Crippen LogP contribution in [-0.4, -0.2) is 50.8 Å². The fourth-order valence-corrected chi connectivity index (χ4v) is 4.18. The molecule has 7 heteroatoms. The maximum Gasteiger partial charge on any atom is 0.191 e. The van der Waals surface area contributed by atoms with Crippen molar-refractivity contribution in [2.75, 3.05) is 44.7 Å². The van der Waals surface area contributed by atoms with E-state index in [2.05, 4.69) is 52.6 Å². The lowest BCUT2D eigenvalue weighted by molar-refractivity contribution is 0.415. The maximum absolute atomic E-state index is 5.35. The number of thiazole rings is 1. The summed E-state index contributed by atoms with van der Waals surface area (Å²) in [6.07, 6.45) is 4.03. The van der Waals surface area contributed by atoms with E-state index in [-0.39, 0.29) is 0 Å². The molecule has 152 valence electrons. The standard InChI is InChI=1S/C21H31N5OS/c1-4-22-21(23-10-8-20-24-13-16(2)28-20)25-14-17-9-11-26(15-17)18-6-5-7-19(12-18)27-3/h5-7,12-13,17H,4,8-11,14-15H2,1-3H3,(H2,22,23,25). The van der Waals surface area contributed by atoms with Gasteiger partial charge in [0.05, 0.1) is 12.1 Å². The number of nitrogens with zero attached hydrogens (tertiary/aromatic N) is 3. The van der Waals surface area contributed by atoms with Gasteiger partial charge in [-0.15, -0.1) is 11.3 Å². The highest BCUT2D eigenvalue weighted by Gasteiger charge is 2.22. The molecule has 0 radical (unpaired) electrons. The second kappa shape index (κ2) is 10.3. The smallest absolute Gasteiger partial charge is 0.191 e. The molecule has 1 unspecified atom stereocenters. The third-order valence-electron chi connectivity index (χ3n) is 4.86. The first-order valence-electron chi connectivity index (χ1n) is 10.0. The van der Waals surface area contributed by atoms with Gasteiger partial charge in [-0.1, -0.05) is 6.07 Å². The van der Waals surface area contributed by atoms with E-state index in [1.807, 2.05) is 12.3 Å². The van der Waals surface area contributed by atoms with Gasteiger partial charge in [-0.2, -0.15) is 0 Å². The molecular formula is C21H31N5OS. The minimum Gasteiger partial charge on any atom is -0.497 e. The molecule has 28 heavy (non-hydrogen) atoms. The second-order valence-corrected chi connectivity index (χ2v) is 8.38. The lowest BCUT2D eigenvalue weighted by Crippen LogP contribution is -2.38. The van der Waals surface area contributed by atoms with E-state index < -0.39 is 0 Å². The summed E-state index contributed by atoms with van der Waals surface area (Å²) in [6.45, 7) is 8.85. The Labute approximate surface area is 172 Å². The molecule has 2 N–H and O–H groups in total. The zero-order valence-corrected chi connectivity index (χ0v) is 17.9. The van der Waals surface area contributed by atoms with E-state index >= 15 is 0 Å². The molecule has 1 saturated heterocycles. The van der Waals surface area contributed by atoms with Gasteiger partial charge in [-0.25, -0.2) is 4.98 Å². The highest BCUT2D eigenvalue weighted by atomic mass is 32.1. The van der Waals surface area contributed by atoms with Crippen molar-refractivity contribution in [2.45, 2.75) is 26.7 Å². The SMILES string of the molecule is CCNC(=NCC1CCN(c2cccc(OC)c2)C1)NCCc1ncc(C)s1. The summed E-state index contributed by atoms with van der Waals surface area (Å²) in [4.78, 5) is 12.9. The van der Waals surface area contributed by atoms with Crippen molar-refractivity contribution < 1.29 is 4.74 Å². The molecule has 0 aliphatic carbocycles. The number of nitrogens with one attached hydrogen (secondary N) is 2. The molecule has 1 fully saturated rings. The van der Waals surface area contributed by atoms with Crippen LogP contribution >= 0.6 is 11.3 Å². The van der Waals surface area contributed by atoms with E-state index in [9.17, 15) is 0 Å². The number of guanidine groups is 1. The third-order valence-corrected chi connectivity index (χ3v) is 5.83. The van der Waals surface area contributed by atoms with Gasteiger partial charge in [0.1, 0.15) is 5.75 Å². The fraction of sp³-hybridized carbons (Fsp3) is 0.524. The molecule has 6 nitrogen and oxygen atoms in total. The number of anilines is 1. The van der Waals surface area contributed by atoms with Crippen LogP contribution in [0.3, 0.4) is 0 Å². The number of methoxy groups -OCH3 is 1.